The summed E-state index contributed by atoms with van der Waals surface area (Å²) in [7, 11) is 0. The van der Waals surface area contributed by atoms with Crippen LogP contribution in [0.2, 0.25) is 0 Å². The number of hydrogen-bond acceptors (Lipinski definition) is 4. The molecule has 0 spiro atoms. The third-order valence-electron chi connectivity index (χ3n) is 0.806. The first-order valence-electron chi connectivity index (χ1n) is 2.26. The van der Waals surface area contributed by atoms with Crippen molar-refractivity contribution < 1.29 is 5.11 Å². The van der Waals surface area contributed by atoms with E-state index in [-0.39, 0.29) is 0 Å². The molecule has 1 aromatic heterocycles. The first kappa shape index (κ1) is 6.20. The smallest absolute Gasteiger partial charge is 0.152 e. The van der Waals surface area contributed by atoms with Crippen LogP contribution in [0.3, 0.4) is 0 Å². The van der Waals surface area contributed by atoms with Crippen LogP contribution >= 0.6 is 11.5 Å². The topological polar surface area (TPSA) is 46.0 Å². The van der Waals surface area contributed by atoms with Crippen molar-refractivity contribution in [1.82, 2.24) is 9.59 Å². The van der Waals surface area contributed by atoms with Gasteiger partial charge in [0.2, 0.25) is 0 Å². The second-order valence-electron chi connectivity index (χ2n) is 1.39. The lowest BCUT2D eigenvalue weighted by Crippen LogP contribution is -1.87. The summed E-state index contributed by atoms with van der Waals surface area (Å²) in [4.78, 5) is 0.609. The first-order valence-corrected chi connectivity index (χ1v) is 3.03. The number of nitrogens with zero attached hydrogens (tertiary/aromatic N) is 2. The van der Waals surface area contributed by atoms with E-state index in [9.17, 15) is 0 Å². The molecule has 0 aromatic carbocycles. The van der Waals surface area contributed by atoms with Gasteiger partial charge in [0.25, 0.3) is 0 Å². The molecule has 1 aromatic rings. The van der Waals surface area contributed by atoms with E-state index in [1.807, 2.05) is 0 Å². The molecule has 9 heavy (non-hydrogen) atoms. The molecule has 1 unspecified atom stereocenters. The molecule has 46 valence electrons. The minimum absolute atomic E-state index is 0.609. The van der Waals surface area contributed by atoms with Gasteiger partial charge in [-0.3, -0.25) is 0 Å². The second-order valence-corrected chi connectivity index (χ2v) is 2.21. The van der Waals surface area contributed by atoms with Crippen LogP contribution in [0, 0.1) is 12.3 Å². The molecule has 0 bridgehead atoms. The minimum atomic E-state index is -0.843. The molecule has 0 saturated heterocycles. The molecule has 3 nitrogen and oxygen atoms in total. The van der Waals surface area contributed by atoms with Crippen molar-refractivity contribution in [3.63, 3.8) is 0 Å². The standard InChI is InChI=1S/C5H4N2OS/c1-2-4(8)5-3-6-7-9-5/h1,3-4,8H. The summed E-state index contributed by atoms with van der Waals surface area (Å²) < 4.78 is 3.53. The second kappa shape index (κ2) is 2.58. The maximum absolute atomic E-state index is 8.91. The Bertz CT molecular complexity index is 213. The fraction of sp³-hybridized carbons (Fsp3) is 0.200. The molecule has 1 heterocycles. The SMILES string of the molecule is C#CC(O)c1cnns1. The Morgan fingerprint density at radius 2 is 2.67 bits per heavy atom. The fourth-order valence-electron chi connectivity index (χ4n) is 0.377. The first-order chi connectivity index (χ1) is 4.34. The molecule has 1 N–H and O–H groups in total. The zero-order valence-electron chi connectivity index (χ0n) is 4.48. The van der Waals surface area contributed by atoms with E-state index < -0.39 is 6.10 Å². The molecule has 1 rings (SSSR count). The van der Waals surface area contributed by atoms with E-state index in [4.69, 9.17) is 11.5 Å². The number of aromatic nitrogens is 2. The maximum Gasteiger partial charge on any atom is 0.152 e. The maximum atomic E-state index is 8.91. The van der Waals surface area contributed by atoms with E-state index in [2.05, 4.69) is 15.5 Å². The third kappa shape index (κ3) is 1.25. The normalized spacial score (nSPS) is 12.4. The van der Waals surface area contributed by atoms with Gasteiger partial charge in [0.05, 0.1) is 11.1 Å². The lowest BCUT2D eigenvalue weighted by Gasteiger charge is -1.92. The molecule has 0 fully saturated rings. The largest absolute Gasteiger partial charge is 0.375 e. The Kier molecular flexibility index (Phi) is 1.78. The van der Waals surface area contributed by atoms with Gasteiger partial charge in [-0.15, -0.1) is 11.5 Å². The Hall–Kier alpha value is -0.920. The number of rotatable bonds is 1. The lowest BCUT2D eigenvalue weighted by molar-refractivity contribution is 0.242. The van der Waals surface area contributed by atoms with Crippen LogP contribution in [0.4, 0.5) is 0 Å². The van der Waals surface area contributed by atoms with Crippen LogP contribution in [0.1, 0.15) is 11.0 Å². The van der Waals surface area contributed by atoms with Crippen LogP contribution in [0.25, 0.3) is 0 Å². The highest BCUT2D eigenvalue weighted by molar-refractivity contribution is 7.05. The highest BCUT2D eigenvalue weighted by atomic mass is 32.1. The fourth-order valence-corrected chi connectivity index (χ4v) is 0.828. The predicted molar refractivity (Wildman–Crippen MR) is 33.7 cm³/mol. The molecule has 0 saturated carbocycles. The molecule has 0 aliphatic rings. The summed E-state index contributed by atoms with van der Waals surface area (Å²) in [6, 6.07) is 0. The lowest BCUT2D eigenvalue weighted by atomic mass is 10.3. The van der Waals surface area contributed by atoms with Crippen molar-refractivity contribution >= 4 is 11.5 Å². The van der Waals surface area contributed by atoms with Crippen molar-refractivity contribution in [1.29, 1.82) is 0 Å². The van der Waals surface area contributed by atoms with Crippen molar-refractivity contribution in [2.45, 2.75) is 6.10 Å². The zero-order valence-corrected chi connectivity index (χ0v) is 5.30. The van der Waals surface area contributed by atoms with Crippen LogP contribution in [-0.2, 0) is 0 Å². The summed E-state index contributed by atoms with van der Waals surface area (Å²) >= 11 is 1.10. The van der Waals surface area contributed by atoms with Gasteiger partial charge in [0, 0.05) is 0 Å². The van der Waals surface area contributed by atoms with Crippen molar-refractivity contribution in [2.24, 2.45) is 0 Å². The van der Waals surface area contributed by atoms with Gasteiger partial charge in [-0.2, -0.15) is 0 Å². The van der Waals surface area contributed by atoms with Crippen molar-refractivity contribution in [2.75, 3.05) is 0 Å². The van der Waals surface area contributed by atoms with Crippen LogP contribution in [0.5, 0.6) is 0 Å². The Balaban J connectivity index is 2.80. The number of aliphatic hydroxyl groups is 1. The Morgan fingerprint density at radius 1 is 1.89 bits per heavy atom. The zero-order chi connectivity index (χ0) is 6.69. The van der Waals surface area contributed by atoms with Gasteiger partial charge in [-0.05, 0) is 11.5 Å². The van der Waals surface area contributed by atoms with Crippen LogP contribution in [0.15, 0.2) is 6.20 Å². The molecule has 0 aliphatic heterocycles. The van der Waals surface area contributed by atoms with E-state index >= 15 is 0 Å². The van der Waals surface area contributed by atoms with Gasteiger partial charge in [-0.1, -0.05) is 10.4 Å². The summed E-state index contributed by atoms with van der Waals surface area (Å²) in [6.45, 7) is 0. The quantitative estimate of drug-likeness (QED) is 0.567. The molecule has 1 atom stereocenters. The molecule has 0 aliphatic carbocycles. The van der Waals surface area contributed by atoms with Crippen molar-refractivity contribution in [3.05, 3.63) is 11.1 Å². The van der Waals surface area contributed by atoms with Crippen LogP contribution < -0.4 is 0 Å². The minimum Gasteiger partial charge on any atom is -0.375 e. The van der Waals surface area contributed by atoms with Crippen LogP contribution in [-0.4, -0.2) is 14.7 Å². The van der Waals surface area contributed by atoms with E-state index in [1.165, 1.54) is 6.20 Å². The molecule has 0 radical (unpaired) electrons. The summed E-state index contributed by atoms with van der Waals surface area (Å²) in [5.74, 6) is 2.15. The van der Waals surface area contributed by atoms with Gasteiger partial charge in [0.1, 0.15) is 0 Å². The number of terminal acetylenes is 1. The molecular formula is C5H4N2OS. The average Bonchev–Trinajstić information content (AvgIpc) is 2.37. The monoisotopic (exact) mass is 140 g/mol. The van der Waals surface area contributed by atoms with Gasteiger partial charge in [-0.25, -0.2) is 0 Å². The van der Waals surface area contributed by atoms with E-state index in [0.717, 1.165) is 11.5 Å². The highest BCUT2D eigenvalue weighted by Crippen LogP contribution is 2.12. The summed E-state index contributed by atoms with van der Waals surface area (Å²) in [5, 5.41) is 12.4. The molecule has 0 amide bonds. The summed E-state index contributed by atoms with van der Waals surface area (Å²) in [5.41, 5.74) is 0. The Labute approximate surface area is 56.5 Å². The molecule has 4 heteroatoms. The number of aliphatic hydroxyl groups excluding tert-OH is 1. The average molecular weight is 140 g/mol. The van der Waals surface area contributed by atoms with Crippen molar-refractivity contribution in [3.8, 4) is 12.3 Å². The van der Waals surface area contributed by atoms with E-state index in [0.29, 0.717) is 4.88 Å². The van der Waals surface area contributed by atoms with Gasteiger partial charge >= 0.3 is 0 Å². The Morgan fingerprint density at radius 3 is 3.11 bits per heavy atom. The molecular weight excluding hydrogens is 136 g/mol. The third-order valence-corrected chi connectivity index (χ3v) is 1.52. The van der Waals surface area contributed by atoms with E-state index in [1.54, 1.807) is 0 Å². The highest BCUT2D eigenvalue weighted by Gasteiger charge is 2.03. The van der Waals surface area contributed by atoms with Gasteiger partial charge < -0.3 is 5.11 Å². The predicted octanol–water partition coefficient (Wildman–Crippen LogP) is 0.205. The van der Waals surface area contributed by atoms with Gasteiger partial charge in [0.15, 0.2) is 6.10 Å². The summed E-state index contributed by atoms with van der Waals surface area (Å²) in [6.07, 6.45) is 5.53. The number of hydrogen-bond donors (Lipinski definition) is 1.